The van der Waals surface area contributed by atoms with Crippen molar-refractivity contribution in [2.75, 3.05) is 33.2 Å². The minimum Gasteiger partial charge on any atom is -0.338 e. The van der Waals surface area contributed by atoms with Crippen molar-refractivity contribution in [1.82, 2.24) is 9.80 Å². The van der Waals surface area contributed by atoms with Crippen molar-refractivity contribution in [2.45, 2.75) is 0 Å². The second-order valence-electron chi connectivity index (χ2n) is 5.82. The SMILES string of the molecule is CN1CCN(C2=NC(=O)C3C(c4cccs4)=CC=NC3=N2)CC1. The van der Waals surface area contributed by atoms with E-state index < -0.39 is 5.92 Å². The Kier molecular flexibility index (Phi) is 3.66. The standard InChI is InChI=1S/C16H17N5OS/c1-20-6-8-21(9-7-20)16-18-14-13(15(22)19-16)11(4-5-17-14)12-3-2-10-23-12/h2-5,10,13H,6-9H2,1H3. The summed E-state index contributed by atoms with van der Waals surface area (Å²) in [6, 6.07) is 4.00. The van der Waals surface area contributed by atoms with Gasteiger partial charge in [0.05, 0.1) is 0 Å². The van der Waals surface area contributed by atoms with E-state index in [1.54, 1.807) is 17.6 Å². The van der Waals surface area contributed by atoms with Gasteiger partial charge in [-0.2, -0.15) is 9.98 Å². The van der Waals surface area contributed by atoms with Crippen LogP contribution in [0, 0.1) is 5.92 Å². The summed E-state index contributed by atoms with van der Waals surface area (Å²) in [6.07, 6.45) is 3.62. The highest BCUT2D eigenvalue weighted by Crippen LogP contribution is 2.33. The lowest BCUT2D eigenvalue weighted by Gasteiger charge is -2.34. The number of hydrogen-bond donors (Lipinski definition) is 0. The van der Waals surface area contributed by atoms with Crippen LogP contribution in [0.3, 0.4) is 0 Å². The number of carbonyl (C=O) groups excluding carboxylic acids is 1. The second kappa shape index (κ2) is 5.82. The lowest BCUT2D eigenvalue weighted by molar-refractivity contribution is -0.118. The fourth-order valence-electron chi connectivity index (χ4n) is 2.95. The summed E-state index contributed by atoms with van der Waals surface area (Å²) in [4.78, 5) is 31.2. The van der Waals surface area contributed by atoms with Crippen molar-refractivity contribution >= 4 is 40.8 Å². The van der Waals surface area contributed by atoms with Crippen LogP contribution in [0.1, 0.15) is 4.88 Å². The van der Waals surface area contributed by atoms with Gasteiger partial charge in [-0.1, -0.05) is 6.07 Å². The van der Waals surface area contributed by atoms with Gasteiger partial charge >= 0.3 is 0 Å². The van der Waals surface area contributed by atoms with Gasteiger partial charge in [-0.05, 0) is 30.1 Å². The van der Waals surface area contributed by atoms with Crippen molar-refractivity contribution in [3.63, 3.8) is 0 Å². The number of hydrogen-bond acceptors (Lipinski definition) is 6. The topological polar surface area (TPSA) is 60.6 Å². The van der Waals surface area contributed by atoms with Gasteiger partial charge in [-0.15, -0.1) is 11.3 Å². The highest BCUT2D eigenvalue weighted by molar-refractivity contribution is 7.11. The molecule has 4 heterocycles. The van der Waals surface area contributed by atoms with Crippen LogP contribution >= 0.6 is 11.3 Å². The molecule has 23 heavy (non-hydrogen) atoms. The average Bonchev–Trinajstić information content (AvgIpc) is 3.09. The van der Waals surface area contributed by atoms with E-state index >= 15 is 0 Å². The Morgan fingerprint density at radius 3 is 2.78 bits per heavy atom. The second-order valence-corrected chi connectivity index (χ2v) is 6.77. The minimum absolute atomic E-state index is 0.166. The predicted molar refractivity (Wildman–Crippen MR) is 93.2 cm³/mol. The first kappa shape index (κ1) is 14.5. The van der Waals surface area contributed by atoms with Crippen LogP contribution in [-0.4, -0.2) is 66.9 Å². The average molecular weight is 327 g/mol. The largest absolute Gasteiger partial charge is 0.338 e. The van der Waals surface area contributed by atoms with E-state index in [4.69, 9.17) is 0 Å². The minimum atomic E-state index is -0.463. The molecule has 1 aromatic rings. The molecule has 6 nitrogen and oxygen atoms in total. The van der Waals surface area contributed by atoms with Crippen LogP contribution in [0.5, 0.6) is 0 Å². The molecular formula is C16H17N5OS. The van der Waals surface area contributed by atoms with Crippen LogP contribution < -0.4 is 0 Å². The molecule has 4 rings (SSSR count). The molecule has 7 heteroatoms. The van der Waals surface area contributed by atoms with Gasteiger partial charge in [-0.3, -0.25) is 4.79 Å². The number of thiophene rings is 1. The summed E-state index contributed by atoms with van der Waals surface area (Å²) in [5.74, 6) is 0.444. The molecule has 1 amide bonds. The molecule has 0 aliphatic carbocycles. The van der Waals surface area contributed by atoms with E-state index in [0.29, 0.717) is 11.8 Å². The Labute approximate surface area is 138 Å². The van der Waals surface area contributed by atoms with Gasteiger partial charge in [-0.25, -0.2) is 4.99 Å². The number of carbonyl (C=O) groups is 1. The van der Waals surface area contributed by atoms with E-state index in [-0.39, 0.29) is 5.91 Å². The first-order valence-corrected chi connectivity index (χ1v) is 8.53. The molecular weight excluding hydrogens is 310 g/mol. The first-order chi connectivity index (χ1) is 11.2. The highest BCUT2D eigenvalue weighted by Gasteiger charge is 2.36. The van der Waals surface area contributed by atoms with Crippen molar-refractivity contribution in [1.29, 1.82) is 0 Å². The molecule has 1 unspecified atom stereocenters. The third-order valence-corrected chi connectivity index (χ3v) is 5.21. The zero-order valence-electron chi connectivity index (χ0n) is 12.8. The fraction of sp³-hybridized carbons (Fsp3) is 0.375. The first-order valence-electron chi connectivity index (χ1n) is 7.65. The van der Waals surface area contributed by atoms with Gasteiger partial charge in [0.25, 0.3) is 5.91 Å². The zero-order chi connectivity index (χ0) is 15.8. The summed E-state index contributed by atoms with van der Waals surface area (Å²) >= 11 is 1.61. The molecule has 3 aliphatic rings. The van der Waals surface area contributed by atoms with Crippen molar-refractivity contribution in [3.05, 3.63) is 28.5 Å². The summed E-state index contributed by atoms with van der Waals surface area (Å²) < 4.78 is 0. The Hall–Kier alpha value is -2.12. The Bertz CT molecular complexity index is 739. The number of dihydropyridines is 1. The smallest absolute Gasteiger partial charge is 0.264 e. The van der Waals surface area contributed by atoms with Crippen LogP contribution in [0.4, 0.5) is 0 Å². The molecule has 0 spiro atoms. The number of rotatable bonds is 1. The number of guanidine groups is 1. The van der Waals surface area contributed by atoms with Crippen LogP contribution in [0.2, 0.25) is 0 Å². The van der Waals surface area contributed by atoms with E-state index in [1.807, 2.05) is 23.6 Å². The molecule has 1 aromatic heterocycles. The molecule has 0 aromatic carbocycles. The summed E-state index contributed by atoms with van der Waals surface area (Å²) in [5, 5.41) is 2.00. The predicted octanol–water partition coefficient (Wildman–Crippen LogP) is 1.37. The van der Waals surface area contributed by atoms with Crippen LogP contribution in [0.15, 0.2) is 38.6 Å². The number of amides is 1. The summed E-state index contributed by atoms with van der Waals surface area (Å²) in [6.45, 7) is 3.57. The van der Waals surface area contributed by atoms with Gasteiger partial charge in [0.2, 0.25) is 5.96 Å². The maximum atomic E-state index is 12.6. The van der Waals surface area contributed by atoms with Gasteiger partial charge < -0.3 is 9.80 Å². The van der Waals surface area contributed by atoms with Gasteiger partial charge in [0.1, 0.15) is 11.8 Å². The Morgan fingerprint density at radius 1 is 1.22 bits per heavy atom. The molecule has 118 valence electrons. The molecule has 3 aliphatic heterocycles. The lowest BCUT2D eigenvalue weighted by Crippen LogP contribution is -2.48. The van der Waals surface area contributed by atoms with Crippen molar-refractivity contribution in [3.8, 4) is 0 Å². The number of likely N-dealkylation sites (N-methyl/N-ethyl adjacent to an activating group) is 1. The van der Waals surface area contributed by atoms with Crippen molar-refractivity contribution < 1.29 is 4.79 Å². The van der Waals surface area contributed by atoms with Gasteiger partial charge in [0, 0.05) is 37.3 Å². The molecule has 0 saturated carbocycles. The molecule has 0 N–H and O–H groups in total. The molecule has 1 atom stereocenters. The number of fused-ring (bicyclic) bond motifs is 1. The van der Waals surface area contributed by atoms with Crippen LogP contribution in [-0.2, 0) is 4.79 Å². The number of aliphatic imine (C=N–C) groups is 3. The van der Waals surface area contributed by atoms with Gasteiger partial charge in [0.15, 0.2) is 0 Å². The normalized spacial score (nSPS) is 24.9. The number of nitrogens with zero attached hydrogens (tertiary/aromatic N) is 5. The van der Waals surface area contributed by atoms with E-state index in [2.05, 4.69) is 31.8 Å². The molecule has 1 saturated heterocycles. The monoisotopic (exact) mass is 327 g/mol. The summed E-state index contributed by atoms with van der Waals surface area (Å²) in [5.41, 5.74) is 0.944. The summed E-state index contributed by atoms with van der Waals surface area (Å²) in [7, 11) is 2.09. The maximum Gasteiger partial charge on any atom is 0.264 e. The van der Waals surface area contributed by atoms with E-state index in [9.17, 15) is 4.79 Å². The van der Waals surface area contributed by atoms with Crippen molar-refractivity contribution in [2.24, 2.45) is 20.9 Å². The zero-order valence-corrected chi connectivity index (χ0v) is 13.7. The number of piperazine rings is 1. The molecule has 0 radical (unpaired) electrons. The third kappa shape index (κ3) is 2.66. The van der Waals surface area contributed by atoms with E-state index in [0.717, 1.165) is 36.6 Å². The fourth-order valence-corrected chi connectivity index (χ4v) is 3.73. The molecule has 0 bridgehead atoms. The quantitative estimate of drug-likeness (QED) is 0.783. The third-order valence-electron chi connectivity index (χ3n) is 4.29. The molecule has 1 fully saturated rings. The number of amidine groups is 1. The number of allylic oxidation sites excluding steroid dienone is 1. The Morgan fingerprint density at radius 2 is 2.04 bits per heavy atom. The lowest BCUT2D eigenvalue weighted by atomic mass is 9.93. The van der Waals surface area contributed by atoms with Crippen LogP contribution in [0.25, 0.3) is 5.57 Å². The Balaban J connectivity index is 1.62. The maximum absolute atomic E-state index is 12.6. The van der Waals surface area contributed by atoms with E-state index in [1.165, 1.54) is 0 Å². The highest BCUT2D eigenvalue weighted by atomic mass is 32.1.